The van der Waals surface area contributed by atoms with Crippen LogP contribution < -0.4 is 44.9 Å². The minimum atomic E-state index is -4.34. The van der Waals surface area contributed by atoms with Crippen LogP contribution in [0.5, 0.6) is 11.5 Å². The fraction of sp³-hybridized carbons (Fsp3) is 0.280. The number of hydrogen-bond acceptors (Lipinski definition) is 4. The average molecular weight is 708 g/mol. The third-order valence-electron chi connectivity index (χ3n) is 5.72. The number of alkyl halides is 3. The molecule has 3 aromatic carbocycles. The Morgan fingerprint density at radius 1 is 0.914 bits per heavy atom. The van der Waals surface area contributed by atoms with Gasteiger partial charge in [0.25, 0.3) is 0 Å². The first-order valence-corrected chi connectivity index (χ1v) is 10.4. The number of anilines is 1. The molecule has 0 spiro atoms. The fourth-order valence-electron chi connectivity index (χ4n) is 4.10. The minimum Gasteiger partial charge on any atom is -1.00 e. The first kappa shape index (κ1) is 31.1. The summed E-state index contributed by atoms with van der Waals surface area (Å²) in [6, 6.07) is 19.3. The van der Waals surface area contributed by atoms with Crippen molar-refractivity contribution in [3.63, 3.8) is 0 Å². The summed E-state index contributed by atoms with van der Waals surface area (Å²) >= 11 is 0. The van der Waals surface area contributed by atoms with E-state index in [1.807, 2.05) is 30.3 Å². The van der Waals surface area contributed by atoms with Crippen molar-refractivity contribution in [2.24, 2.45) is 0 Å². The first-order valence-electron chi connectivity index (χ1n) is 10.4. The number of fused-ring (bicyclic) bond motifs is 1. The molecule has 35 heavy (non-hydrogen) atoms. The van der Waals surface area contributed by atoms with Crippen LogP contribution in [-0.4, -0.2) is 26.8 Å². The maximum Gasteiger partial charge on any atom is 2.00 e. The van der Waals surface area contributed by atoms with E-state index >= 15 is 0 Å². The molecule has 10 heteroatoms. The molecule has 2 N–H and O–H groups in total. The second kappa shape index (κ2) is 13.4. The number of halogens is 5. The monoisotopic (exact) mass is 707 g/mol. The molecule has 4 nitrogen and oxygen atoms in total. The predicted molar refractivity (Wildman–Crippen MR) is 118 cm³/mol. The van der Waals surface area contributed by atoms with Crippen LogP contribution in [0.25, 0.3) is 0 Å². The summed E-state index contributed by atoms with van der Waals surface area (Å²) in [5.41, 5.74) is 3.39. The Bertz CT molecular complexity index is 1070. The van der Waals surface area contributed by atoms with E-state index in [9.17, 15) is 13.2 Å². The van der Waals surface area contributed by atoms with Crippen molar-refractivity contribution >= 4 is 5.69 Å². The molecular formula is C25H25Cl2F3N2O2Pt. The molecule has 1 heterocycles. The van der Waals surface area contributed by atoms with Crippen LogP contribution in [0.15, 0.2) is 66.7 Å². The van der Waals surface area contributed by atoms with Crippen molar-refractivity contribution in [2.45, 2.75) is 24.7 Å². The van der Waals surface area contributed by atoms with Crippen molar-refractivity contribution in [1.82, 2.24) is 5.32 Å². The first-order chi connectivity index (χ1) is 15.4. The van der Waals surface area contributed by atoms with E-state index in [4.69, 9.17) is 9.47 Å². The van der Waals surface area contributed by atoms with E-state index < -0.39 is 11.7 Å². The normalized spacial score (nSPS) is 16.5. The van der Waals surface area contributed by atoms with Gasteiger partial charge in [-0.05, 0) is 59.5 Å². The van der Waals surface area contributed by atoms with Gasteiger partial charge in [-0.15, -0.1) is 0 Å². The van der Waals surface area contributed by atoms with Gasteiger partial charge in [-0.2, -0.15) is 13.2 Å². The number of methoxy groups -OCH3 is 2. The molecular weight excluding hydrogens is 683 g/mol. The summed E-state index contributed by atoms with van der Waals surface area (Å²) in [6.07, 6.45) is -3.59. The van der Waals surface area contributed by atoms with Crippen molar-refractivity contribution in [3.8, 4) is 11.5 Å². The molecule has 0 bridgehead atoms. The SMILES string of the molecule is COc1cc2c(cc1OC)[C@H](c1ccccc1)N[C@H](CNc1ccc(C(F)(F)F)cc1)C2.[Cl-].[Cl-].[Pt+2]. The summed E-state index contributed by atoms with van der Waals surface area (Å²) in [5, 5.41) is 6.94. The maximum atomic E-state index is 12.8. The Kier molecular flexibility index (Phi) is 11.9. The summed E-state index contributed by atoms with van der Waals surface area (Å²) in [7, 11) is 3.23. The molecule has 2 atom stereocenters. The number of benzene rings is 3. The van der Waals surface area contributed by atoms with Gasteiger partial charge in [0.2, 0.25) is 0 Å². The smallest absolute Gasteiger partial charge is 1.00 e. The van der Waals surface area contributed by atoms with Gasteiger partial charge < -0.3 is 44.9 Å². The number of ether oxygens (including phenoxy) is 2. The standard InChI is InChI=1S/C25H25F3N2O2.2ClH.Pt/c1-31-22-13-17-12-20(15-29-19-10-8-18(9-11-19)25(26,27)28)30-24(16-6-4-3-5-7-16)21(17)14-23(22)32-2;;;/h3-11,13-14,20,24,29-30H,12,15H2,1-2H3;2*1H;/q;;;+2/p-2/t20-,24-;;;/m0.../s1. The van der Waals surface area contributed by atoms with Crippen LogP contribution in [0.1, 0.15) is 28.3 Å². The third kappa shape index (κ3) is 7.29. The second-order valence-electron chi connectivity index (χ2n) is 7.77. The molecule has 4 rings (SSSR count). The van der Waals surface area contributed by atoms with E-state index in [-0.39, 0.29) is 58.0 Å². The van der Waals surface area contributed by atoms with E-state index in [1.54, 1.807) is 14.2 Å². The Morgan fingerprint density at radius 3 is 2.09 bits per heavy atom. The van der Waals surface area contributed by atoms with Crippen molar-refractivity contribution in [3.05, 3.63) is 89.0 Å². The Labute approximate surface area is 230 Å². The number of hydrogen-bond donors (Lipinski definition) is 2. The van der Waals surface area contributed by atoms with Gasteiger partial charge in [0.15, 0.2) is 11.5 Å². The van der Waals surface area contributed by atoms with Gasteiger partial charge in [0, 0.05) is 18.3 Å². The Morgan fingerprint density at radius 2 is 1.51 bits per heavy atom. The summed E-state index contributed by atoms with van der Waals surface area (Å²) in [5.74, 6) is 1.35. The van der Waals surface area contributed by atoms with Gasteiger partial charge in [-0.1, -0.05) is 30.3 Å². The second-order valence-corrected chi connectivity index (χ2v) is 7.77. The van der Waals surface area contributed by atoms with Crippen LogP contribution in [0.3, 0.4) is 0 Å². The van der Waals surface area contributed by atoms with E-state index in [1.165, 1.54) is 12.1 Å². The quantitative estimate of drug-likeness (QED) is 0.361. The molecule has 192 valence electrons. The molecule has 1 aliphatic rings. The largest absolute Gasteiger partial charge is 2.00 e. The summed E-state index contributed by atoms with van der Waals surface area (Å²) in [6.45, 7) is 0.558. The van der Waals surface area contributed by atoms with Gasteiger partial charge >= 0.3 is 27.2 Å². The van der Waals surface area contributed by atoms with Crippen LogP contribution in [0.2, 0.25) is 0 Å². The molecule has 0 unspecified atom stereocenters. The zero-order chi connectivity index (χ0) is 22.7. The topological polar surface area (TPSA) is 42.5 Å². The van der Waals surface area contributed by atoms with Crippen molar-refractivity contribution in [2.75, 3.05) is 26.1 Å². The Balaban J connectivity index is 0.00000204. The fourth-order valence-corrected chi connectivity index (χ4v) is 4.10. The molecule has 0 amide bonds. The Hall–Kier alpha value is -1.92. The summed E-state index contributed by atoms with van der Waals surface area (Å²) < 4.78 is 49.4. The van der Waals surface area contributed by atoms with Crippen molar-refractivity contribution in [1.29, 1.82) is 0 Å². The van der Waals surface area contributed by atoms with E-state index in [0.717, 1.165) is 35.2 Å². The molecule has 0 saturated heterocycles. The van der Waals surface area contributed by atoms with Crippen molar-refractivity contribution < 1.29 is 68.5 Å². The van der Waals surface area contributed by atoms with E-state index in [2.05, 4.69) is 22.8 Å². The van der Waals surface area contributed by atoms with Gasteiger partial charge in [0.05, 0.1) is 25.8 Å². The minimum absolute atomic E-state index is 0. The molecule has 0 aliphatic carbocycles. The average Bonchev–Trinajstić information content (AvgIpc) is 2.81. The molecule has 0 radical (unpaired) electrons. The maximum absolute atomic E-state index is 12.8. The molecule has 0 fully saturated rings. The van der Waals surface area contributed by atoms with Crippen LogP contribution in [0, 0.1) is 0 Å². The van der Waals surface area contributed by atoms with Crippen LogP contribution >= 0.6 is 0 Å². The van der Waals surface area contributed by atoms with Gasteiger partial charge in [0.1, 0.15) is 0 Å². The summed E-state index contributed by atoms with van der Waals surface area (Å²) in [4.78, 5) is 0. The van der Waals surface area contributed by atoms with E-state index in [0.29, 0.717) is 23.7 Å². The number of nitrogens with one attached hydrogen (secondary N) is 2. The van der Waals surface area contributed by atoms with Gasteiger partial charge in [-0.25, -0.2) is 0 Å². The number of rotatable bonds is 6. The zero-order valence-corrected chi connectivity index (χ0v) is 22.7. The van der Waals surface area contributed by atoms with Crippen LogP contribution in [0.4, 0.5) is 18.9 Å². The van der Waals surface area contributed by atoms with Crippen LogP contribution in [-0.2, 0) is 33.7 Å². The predicted octanol–water partition coefficient (Wildman–Crippen LogP) is -0.556. The molecule has 0 aromatic heterocycles. The zero-order valence-electron chi connectivity index (χ0n) is 18.9. The molecule has 1 aliphatic heterocycles. The third-order valence-corrected chi connectivity index (χ3v) is 5.72. The molecule has 3 aromatic rings. The van der Waals surface area contributed by atoms with Gasteiger partial charge in [-0.3, -0.25) is 0 Å². The molecule has 0 saturated carbocycles.